The van der Waals surface area contributed by atoms with E-state index in [2.05, 4.69) is 15.5 Å². The zero-order chi connectivity index (χ0) is 28.9. The van der Waals surface area contributed by atoms with Gasteiger partial charge >= 0.3 is 0 Å². The van der Waals surface area contributed by atoms with Crippen LogP contribution in [-0.2, 0) is 20.9 Å². The second-order valence-electron chi connectivity index (χ2n) is 8.46. The molecule has 0 spiro atoms. The maximum Gasteiger partial charge on any atom is 0.257 e. The summed E-state index contributed by atoms with van der Waals surface area (Å²) in [7, 11) is 1.27. The van der Waals surface area contributed by atoms with Gasteiger partial charge in [0.25, 0.3) is 11.8 Å². The highest BCUT2D eigenvalue weighted by molar-refractivity contribution is 5.95. The third-order valence-electron chi connectivity index (χ3n) is 5.96. The number of nitrogens with zero attached hydrogens (tertiary/aromatic N) is 1. The first kappa shape index (κ1) is 31.4. The van der Waals surface area contributed by atoms with E-state index in [1.165, 1.54) is 13.2 Å². The van der Waals surface area contributed by atoms with Gasteiger partial charge in [-0.25, -0.2) is 8.78 Å². The summed E-state index contributed by atoms with van der Waals surface area (Å²) in [6.07, 6.45) is -1.56. The summed E-state index contributed by atoms with van der Waals surface area (Å²) in [5, 5.41) is 13.1. The van der Waals surface area contributed by atoms with E-state index in [9.17, 15) is 18.4 Å². The molecule has 0 heterocycles. The van der Waals surface area contributed by atoms with E-state index in [0.29, 0.717) is 24.2 Å². The summed E-state index contributed by atoms with van der Waals surface area (Å²) in [5.74, 6) is -3.11. The third kappa shape index (κ3) is 9.18. The molecule has 0 aliphatic carbocycles. The molecule has 0 aliphatic heterocycles. The van der Waals surface area contributed by atoms with Crippen LogP contribution in [0.4, 0.5) is 8.78 Å². The number of rotatable bonds is 16. The molecule has 2 aromatic rings. The van der Waals surface area contributed by atoms with Crippen LogP contribution in [0.5, 0.6) is 11.5 Å². The molecule has 0 bridgehead atoms. The van der Waals surface area contributed by atoms with Gasteiger partial charge in [-0.05, 0) is 26.1 Å². The topological polar surface area (TPSA) is 139 Å². The Bertz CT molecular complexity index is 1120. The number of methoxy groups -OCH3 is 1. The molecule has 0 radical (unpaired) electrons. The van der Waals surface area contributed by atoms with E-state index in [4.69, 9.17) is 25.4 Å². The molecule has 0 aromatic heterocycles. The van der Waals surface area contributed by atoms with Gasteiger partial charge in [-0.2, -0.15) is 0 Å². The lowest BCUT2D eigenvalue weighted by molar-refractivity contribution is -0.133. The Morgan fingerprint density at radius 1 is 1.08 bits per heavy atom. The van der Waals surface area contributed by atoms with Gasteiger partial charge in [0.1, 0.15) is 29.0 Å². The van der Waals surface area contributed by atoms with Gasteiger partial charge in [0.2, 0.25) is 0 Å². The smallest absolute Gasteiger partial charge is 0.257 e. The maximum absolute atomic E-state index is 14.7. The van der Waals surface area contributed by atoms with E-state index in [-0.39, 0.29) is 43.0 Å². The molecule has 39 heavy (non-hydrogen) atoms. The molecule has 1 unspecified atom stereocenters. The van der Waals surface area contributed by atoms with Crippen LogP contribution >= 0.6 is 0 Å². The van der Waals surface area contributed by atoms with Crippen LogP contribution in [0.2, 0.25) is 0 Å². The summed E-state index contributed by atoms with van der Waals surface area (Å²) >= 11 is 0. The van der Waals surface area contributed by atoms with Crippen LogP contribution in [0.3, 0.4) is 0 Å². The number of hydrogen-bond acceptors (Lipinski definition) is 7. The van der Waals surface area contributed by atoms with E-state index in [1.54, 1.807) is 19.1 Å². The molecule has 12 heteroatoms. The van der Waals surface area contributed by atoms with Crippen molar-refractivity contribution in [3.05, 3.63) is 58.7 Å². The average molecular weight is 550 g/mol. The molecule has 0 fully saturated rings. The van der Waals surface area contributed by atoms with Crippen molar-refractivity contribution < 1.29 is 32.6 Å². The molecule has 1 atom stereocenters. The third-order valence-corrected chi connectivity index (χ3v) is 5.96. The van der Waals surface area contributed by atoms with Crippen molar-refractivity contribution in [1.29, 1.82) is 5.41 Å². The lowest BCUT2D eigenvalue weighted by Crippen LogP contribution is -2.37. The van der Waals surface area contributed by atoms with Gasteiger partial charge in [-0.15, -0.1) is 0 Å². The molecule has 5 N–H and O–H groups in total. The van der Waals surface area contributed by atoms with Gasteiger partial charge in [0.05, 0.1) is 12.7 Å². The molecule has 0 saturated carbocycles. The monoisotopic (exact) mass is 549 g/mol. The Hall–Kier alpha value is -3.77. The molecular weight excluding hydrogens is 512 g/mol. The zero-order valence-corrected chi connectivity index (χ0v) is 22.7. The second-order valence-corrected chi connectivity index (χ2v) is 8.46. The lowest BCUT2D eigenvalue weighted by atomic mass is 10.1. The molecule has 214 valence electrons. The van der Waals surface area contributed by atoms with Gasteiger partial charge in [-0.3, -0.25) is 15.0 Å². The summed E-state index contributed by atoms with van der Waals surface area (Å²) in [6.45, 7) is 8.18. The van der Waals surface area contributed by atoms with Crippen molar-refractivity contribution >= 4 is 17.6 Å². The number of nitrogens with one attached hydrogen (secondary N) is 3. The van der Waals surface area contributed by atoms with E-state index < -0.39 is 29.2 Å². The van der Waals surface area contributed by atoms with Crippen molar-refractivity contribution in [3.63, 3.8) is 0 Å². The highest BCUT2D eigenvalue weighted by Crippen LogP contribution is 2.29. The number of carbonyl (C=O) groups excluding carboxylic acids is 2. The van der Waals surface area contributed by atoms with Gasteiger partial charge in [0.15, 0.2) is 12.7 Å². The fraction of sp³-hybridized carbons (Fsp3) is 0.444. The summed E-state index contributed by atoms with van der Waals surface area (Å²) < 4.78 is 45.3. The number of benzene rings is 2. The predicted molar refractivity (Wildman–Crippen MR) is 143 cm³/mol. The molecule has 2 amide bonds. The maximum atomic E-state index is 14.7. The normalized spacial score (nSPS) is 11.7. The SMILES string of the molecule is CCOC(C(=O)NCc1ccc(C(=N)N)cc1OCC(=O)NCCN(CC)CC)c1c(F)cc(OC)cc1F. The Labute approximate surface area is 227 Å². The van der Waals surface area contributed by atoms with E-state index >= 15 is 0 Å². The van der Waals surface area contributed by atoms with Crippen molar-refractivity contribution in [2.24, 2.45) is 5.73 Å². The number of ether oxygens (including phenoxy) is 3. The fourth-order valence-electron chi connectivity index (χ4n) is 3.75. The summed E-state index contributed by atoms with van der Waals surface area (Å²) in [5.41, 5.74) is 5.87. The quantitative estimate of drug-likeness (QED) is 0.186. The average Bonchev–Trinajstić information content (AvgIpc) is 2.92. The van der Waals surface area contributed by atoms with Crippen LogP contribution in [0.1, 0.15) is 43.6 Å². The minimum atomic E-state index is -1.56. The Balaban J connectivity index is 2.15. The minimum Gasteiger partial charge on any atom is -0.497 e. The first-order chi connectivity index (χ1) is 18.6. The Morgan fingerprint density at radius 3 is 2.31 bits per heavy atom. The highest BCUT2D eigenvalue weighted by atomic mass is 19.1. The van der Waals surface area contributed by atoms with Crippen molar-refractivity contribution in [2.75, 3.05) is 46.5 Å². The predicted octanol–water partition coefficient (Wildman–Crippen LogP) is 2.49. The molecule has 0 saturated heterocycles. The fourth-order valence-corrected chi connectivity index (χ4v) is 3.75. The molecule has 10 nitrogen and oxygen atoms in total. The molecule has 2 rings (SSSR count). The van der Waals surface area contributed by atoms with Crippen LogP contribution in [0, 0.1) is 17.0 Å². The minimum absolute atomic E-state index is 0.0219. The number of likely N-dealkylation sites (N-methyl/N-ethyl adjacent to an activating group) is 1. The standard InChI is InChI=1S/C27H37F2N5O5/c1-5-34(6-2)11-10-32-23(35)16-39-22-12-17(26(30)31)8-9-18(22)15-33-27(36)25(38-7-3)24-20(28)13-19(37-4)14-21(24)29/h8-9,12-14,25H,5-7,10-11,15-16H2,1-4H3,(H3,30,31)(H,32,35)(H,33,36). The Kier molecular flexibility index (Phi) is 12.6. The number of carbonyl (C=O) groups is 2. The number of hydrogen-bond donors (Lipinski definition) is 4. The van der Waals surface area contributed by atoms with Crippen LogP contribution in [0.15, 0.2) is 30.3 Å². The first-order valence-corrected chi connectivity index (χ1v) is 12.7. The first-order valence-electron chi connectivity index (χ1n) is 12.7. The van der Waals surface area contributed by atoms with Crippen LogP contribution in [-0.4, -0.2) is 69.1 Å². The van der Waals surface area contributed by atoms with Crippen molar-refractivity contribution in [2.45, 2.75) is 33.4 Å². The molecular formula is C27H37F2N5O5. The van der Waals surface area contributed by atoms with Gasteiger partial charge in [-0.1, -0.05) is 26.0 Å². The second kappa shape index (κ2) is 15.6. The van der Waals surface area contributed by atoms with E-state index in [1.807, 2.05) is 13.8 Å². The van der Waals surface area contributed by atoms with Crippen molar-refractivity contribution in [1.82, 2.24) is 15.5 Å². The number of amidine groups is 1. The number of nitrogens with two attached hydrogens (primary N) is 1. The molecule has 0 aliphatic rings. The van der Waals surface area contributed by atoms with Gasteiger partial charge in [0, 0.05) is 49.5 Å². The Morgan fingerprint density at radius 2 is 1.74 bits per heavy atom. The van der Waals surface area contributed by atoms with Crippen molar-refractivity contribution in [3.8, 4) is 11.5 Å². The van der Waals surface area contributed by atoms with Crippen LogP contribution < -0.4 is 25.8 Å². The molecule has 2 aromatic carbocycles. The lowest BCUT2D eigenvalue weighted by Gasteiger charge is -2.20. The van der Waals surface area contributed by atoms with E-state index in [0.717, 1.165) is 25.2 Å². The summed E-state index contributed by atoms with van der Waals surface area (Å²) in [4.78, 5) is 27.5. The number of nitrogen functional groups attached to an aromatic ring is 1. The van der Waals surface area contributed by atoms with Crippen LogP contribution in [0.25, 0.3) is 0 Å². The largest absolute Gasteiger partial charge is 0.497 e. The number of amides is 2. The summed E-state index contributed by atoms with van der Waals surface area (Å²) in [6, 6.07) is 6.56. The number of halogens is 2. The highest BCUT2D eigenvalue weighted by Gasteiger charge is 2.28. The zero-order valence-electron chi connectivity index (χ0n) is 22.7. The van der Waals surface area contributed by atoms with Gasteiger partial charge < -0.3 is 35.5 Å².